The van der Waals surface area contributed by atoms with Gasteiger partial charge in [0.1, 0.15) is 0 Å². The largest absolute Gasteiger partial charge is 0.347 e. The van der Waals surface area contributed by atoms with Gasteiger partial charge in [-0.25, -0.2) is 4.79 Å². The Bertz CT molecular complexity index is 593. The van der Waals surface area contributed by atoms with Crippen molar-refractivity contribution in [3.63, 3.8) is 0 Å². The molecule has 0 aliphatic carbocycles. The van der Waals surface area contributed by atoms with Gasteiger partial charge in [-0.2, -0.15) is 11.8 Å². The number of fused-ring (bicyclic) bond motifs is 1. The monoisotopic (exact) mass is 320 g/mol. The van der Waals surface area contributed by atoms with Crippen molar-refractivity contribution in [2.45, 2.75) is 12.5 Å². The van der Waals surface area contributed by atoms with E-state index in [2.05, 4.69) is 0 Å². The lowest BCUT2D eigenvalue weighted by atomic mass is 10.1. The van der Waals surface area contributed by atoms with Crippen molar-refractivity contribution in [2.24, 2.45) is 0 Å². The van der Waals surface area contributed by atoms with Crippen LogP contribution in [0.2, 0.25) is 0 Å². The summed E-state index contributed by atoms with van der Waals surface area (Å²) >= 11 is 1.85. The van der Waals surface area contributed by atoms with Crippen molar-refractivity contribution in [3.05, 3.63) is 35.4 Å². The summed E-state index contributed by atoms with van der Waals surface area (Å²) in [6, 6.07) is 6.76. The second-order valence-corrected chi connectivity index (χ2v) is 6.50. The Morgan fingerprint density at radius 1 is 1.32 bits per heavy atom. The Morgan fingerprint density at radius 3 is 2.50 bits per heavy atom. The summed E-state index contributed by atoms with van der Waals surface area (Å²) in [4.78, 5) is 43.1. The summed E-state index contributed by atoms with van der Waals surface area (Å²) in [5.41, 5.74) is 0.529. The van der Waals surface area contributed by atoms with Gasteiger partial charge >= 0.3 is 5.97 Å². The van der Waals surface area contributed by atoms with E-state index < -0.39 is 17.8 Å². The molecule has 22 heavy (non-hydrogen) atoms. The molecule has 0 aromatic heterocycles. The van der Waals surface area contributed by atoms with E-state index >= 15 is 0 Å². The predicted molar refractivity (Wildman–Crippen MR) is 81.4 cm³/mol. The highest BCUT2D eigenvalue weighted by Gasteiger charge is 2.38. The maximum absolute atomic E-state index is 12.1. The van der Waals surface area contributed by atoms with Crippen molar-refractivity contribution in [2.75, 3.05) is 25.1 Å². The molecule has 1 atom stereocenters. The summed E-state index contributed by atoms with van der Waals surface area (Å²) in [5, 5.41) is 0.560. The smallest absolute Gasteiger partial charge is 0.328 e. The number of likely N-dealkylation sites (N-methyl/N-ethyl adjacent to an activating group) is 1. The first-order valence-corrected chi connectivity index (χ1v) is 8.20. The molecule has 0 bridgehead atoms. The van der Waals surface area contributed by atoms with Crippen LogP contribution in [0.1, 0.15) is 27.1 Å². The van der Waals surface area contributed by atoms with E-state index in [1.165, 1.54) is 0 Å². The fourth-order valence-electron chi connectivity index (χ4n) is 2.58. The van der Waals surface area contributed by atoms with E-state index in [1.807, 2.05) is 23.7 Å². The summed E-state index contributed by atoms with van der Waals surface area (Å²) in [6.07, 6.45) is 1.03. The van der Waals surface area contributed by atoms with Crippen LogP contribution in [0, 0.1) is 0 Å². The van der Waals surface area contributed by atoms with Crippen LogP contribution in [-0.4, -0.2) is 58.9 Å². The normalized spacial score (nSPS) is 20.6. The highest BCUT2D eigenvalue weighted by atomic mass is 32.2. The molecule has 1 fully saturated rings. The first kappa shape index (κ1) is 15.1. The van der Waals surface area contributed by atoms with Gasteiger partial charge in [-0.15, -0.1) is 0 Å². The maximum Gasteiger partial charge on any atom is 0.347 e. The molecule has 6 nitrogen and oxygen atoms in total. The Morgan fingerprint density at radius 2 is 1.95 bits per heavy atom. The molecule has 0 N–H and O–H groups in total. The lowest BCUT2D eigenvalue weighted by molar-refractivity contribution is -0.169. The van der Waals surface area contributed by atoms with E-state index in [-0.39, 0.29) is 17.7 Å². The second kappa shape index (κ2) is 6.10. The molecular formula is C15H16N2O4S. The van der Waals surface area contributed by atoms with Gasteiger partial charge in [0.05, 0.1) is 17.7 Å². The zero-order chi connectivity index (χ0) is 15.7. The number of amides is 2. The number of carbonyl (C=O) groups is 3. The average molecular weight is 320 g/mol. The van der Waals surface area contributed by atoms with Crippen LogP contribution in [0.3, 0.4) is 0 Å². The van der Waals surface area contributed by atoms with Crippen LogP contribution in [0.4, 0.5) is 0 Å². The minimum atomic E-state index is -0.603. The van der Waals surface area contributed by atoms with E-state index in [0.29, 0.717) is 11.1 Å². The van der Waals surface area contributed by atoms with Gasteiger partial charge < -0.3 is 4.84 Å². The Labute approximate surface area is 132 Å². The zero-order valence-electron chi connectivity index (χ0n) is 12.2. The maximum atomic E-state index is 12.1. The fourth-order valence-corrected chi connectivity index (χ4v) is 3.88. The van der Waals surface area contributed by atoms with Crippen LogP contribution in [0.5, 0.6) is 0 Å². The van der Waals surface area contributed by atoms with Crippen LogP contribution in [0.25, 0.3) is 0 Å². The molecule has 2 aliphatic rings. The molecular weight excluding hydrogens is 304 g/mol. The molecule has 1 aromatic rings. The molecule has 1 saturated heterocycles. The number of hydrogen-bond donors (Lipinski definition) is 0. The first-order valence-electron chi connectivity index (χ1n) is 7.04. The minimum Gasteiger partial charge on any atom is -0.328 e. The van der Waals surface area contributed by atoms with Crippen molar-refractivity contribution < 1.29 is 19.2 Å². The minimum absolute atomic E-state index is 0.0542. The summed E-state index contributed by atoms with van der Waals surface area (Å²) in [6.45, 7) is 0.0542. The molecule has 7 heteroatoms. The molecule has 3 rings (SSSR count). The number of thioether (sulfide) groups is 1. The topological polar surface area (TPSA) is 66.9 Å². The van der Waals surface area contributed by atoms with Crippen molar-refractivity contribution in [1.82, 2.24) is 9.96 Å². The van der Waals surface area contributed by atoms with E-state index in [4.69, 9.17) is 4.84 Å². The van der Waals surface area contributed by atoms with Crippen molar-refractivity contribution >= 4 is 29.5 Å². The lowest BCUT2D eigenvalue weighted by Gasteiger charge is -2.23. The first-order chi connectivity index (χ1) is 10.6. The third-order valence-electron chi connectivity index (χ3n) is 3.86. The third-order valence-corrected chi connectivity index (χ3v) is 5.00. The van der Waals surface area contributed by atoms with Gasteiger partial charge in [0.2, 0.25) is 0 Å². The molecule has 0 radical (unpaired) electrons. The van der Waals surface area contributed by atoms with E-state index in [1.54, 1.807) is 24.3 Å². The molecule has 1 unspecified atom stereocenters. The molecule has 2 heterocycles. The van der Waals surface area contributed by atoms with Crippen molar-refractivity contribution in [3.8, 4) is 0 Å². The van der Waals surface area contributed by atoms with Gasteiger partial charge in [-0.05, 0) is 31.4 Å². The second-order valence-electron chi connectivity index (χ2n) is 5.35. The zero-order valence-corrected chi connectivity index (χ0v) is 13.0. The highest BCUT2D eigenvalue weighted by molar-refractivity contribution is 7.99. The number of imide groups is 1. The standard InChI is InChI=1S/C15H16N2O4S/c1-16(10-6-7-22-9-10)8-13(18)21-17-14(19)11-4-2-3-5-12(11)15(17)20/h2-5,10H,6-9H2,1H3. The molecule has 1 aromatic carbocycles. The molecule has 2 amide bonds. The van der Waals surface area contributed by atoms with Crippen LogP contribution in [0.15, 0.2) is 24.3 Å². The van der Waals surface area contributed by atoms with Gasteiger partial charge in [0, 0.05) is 11.8 Å². The van der Waals surface area contributed by atoms with Crippen molar-refractivity contribution in [1.29, 1.82) is 0 Å². The third kappa shape index (κ3) is 2.74. The number of carbonyl (C=O) groups excluding carboxylic acids is 3. The Hall–Kier alpha value is -1.86. The van der Waals surface area contributed by atoms with E-state index in [0.717, 1.165) is 17.9 Å². The van der Waals surface area contributed by atoms with Gasteiger partial charge in [-0.1, -0.05) is 17.2 Å². The molecule has 0 spiro atoms. The summed E-state index contributed by atoms with van der Waals surface area (Å²) in [5.74, 6) is 0.286. The number of rotatable bonds is 4. The van der Waals surface area contributed by atoms with Crippen LogP contribution >= 0.6 is 11.8 Å². The Kier molecular flexibility index (Phi) is 4.17. The summed E-state index contributed by atoms with van der Waals surface area (Å²) in [7, 11) is 1.85. The fraction of sp³-hybridized carbons (Fsp3) is 0.400. The number of nitrogens with zero attached hydrogens (tertiary/aromatic N) is 2. The van der Waals surface area contributed by atoms with Crippen LogP contribution in [-0.2, 0) is 9.63 Å². The molecule has 0 saturated carbocycles. The Balaban J connectivity index is 1.63. The van der Waals surface area contributed by atoms with Crippen LogP contribution < -0.4 is 0 Å². The number of hydrogen-bond acceptors (Lipinski definition) is 6. The van der Waals surface area contributed by atoms with Gasteiger partial charge in [0.15, 0.2) is 0 Å². The van der Waals surface area contributed by atoms with E-state index in [9.17, 15) is 14.4 Å². The summed E-state index contributed by atoms with van der Waals surface area (Å²) < 4.78 is 0. The number of hydroxylamine groups is 2. The highest BCUT2D eigenvalue weighted by Crippen LogP contribution is 2.23. The predicted octanol–water partition coefficient (Wildman–Crippen LogP) is 1.18. The van der Waals surface area contributed by atoms with Gasteiger partial charge in [-0.3, -0.25) is 14.5 Å². The SMILES string of the molecule is CN(CC(=O)ON1C(=O)c2ccccc2C1=O)C1CCSC1. The average Bonchev–Trinajstić information content (AvgIpc) is 3.12. The molecule has 116 valence electrons. The van der Waals surface area contributed by atoms with Gasteiger partial charge in [0.25, 0.3) is 11.8 Å². The lowest BCUT2D eigenvalue weighted by Crippen LogP contribution is -2.40. The number of benzene rings is 1. The molecule has 2 aliphatic heterocycles. The quantitative estimate of drug-likeness (QED) is 0.776.